The Bertz CT molecular complexity index is 414. The van der Waals surface area contributed by atoms with Crippen molar-refractivity contribution in [2.24, 2.45) is 0 Å². The molecule has 0 aromatic heterocycles. The maximum absolute atomic E-state index is 13.4. The Labute approximate surface area is 118 Å². The van der Waals surface area contributed by atoms with E-state index in [1.807, 2.05) is 20.8 Å². The quantitative estimate of drug-likeness (QED) is 0.670. The van der Waals surface area contributed by atoms with E-state index in [4.69, 9.17) is 0 Å². The van der Waals surface area contributed by atoms with E-state index in [1.54, 1.807) is 6.92 Å². The molecule has 0 aliphatic rings. The SMILES string of the molecule is C[C@H](N[S+]([O-])C(C)(C)C)c1cc(F)c(Br)c(F)c1. The first-order chi connectivity index (χ1) is 8.12. The lowest BCUT2D eigenvalue weighted by Gasteiger charge is -2.26. The fourth-order valence-electron chi connectivity index (χ4n) is 1.23. The zero-order valence-corrected chi connectivity index (χ0v) is 13.1. The van der Waals surface area contributed by atoms with Gasteiger partial charge in [-0.25, -0.2) is 8.78 Å². The molecule has 0 bridgehead atoms. The van der Waals surface area contributed by atoms with Gasteiger partial charge < -0.3 is 4.55 Å². The summed E-state index contributed by atoms with van der Waals surface area (Å²) in [6, 6.07) is 2.05. The normalized spacial score (nSPS) is 15.6. The molecule has 0 fully saturated rings. The van der Waals surface area contributed by atoms with E-state index in [0.29, 0.717) is 5.56 Å². The number of rotatable bonds is 3. The van der Waals surface area contributed by atoms with Crippen LogP contribution in [0.3, 0.4) is 0 Å². The molecule has 18 heavy (non-hydrogen) atoms. The van der Waals surface area contributed by atoms with Gasteiger partial charge in [-0.2, -0.15) is 0 Å². The van der Waals surface area contributed by atoms with Crippen LogP contribution in [0.1, 0.15) is 39.3 Å². The average molecular weight is 340 g/mol. The highest BCUT2D eigenvalue weighted by molar-refractivity contribution is 9.10. The second-order valence-electron chi connectivity index (χ2n) is 5.02. The van der Waals surface area contributed by atoms with Crippen LogP contribution in [0.2, 0.25) is 0 Å². The van der Waals surface area contributed by atoms with Gasteiger partial charge in [0.1, 0.15) is 16.4 Å². The molecule has 1 aromatic rings. The summed E-state index contributed by atoms with van der Waals surface area (Å²) in [5.41, 5.74) is 0.422. The van der Waals surface area contributed by atoms with Crippen LogP contribution in [0.4, 0.5) is 8.78 Å². The van der Waals surface area contributed by atoms with E-state index in [1.165, 1.54) is 12.1 Å². The Morgan fingerprint density at radius 1 is 1.28 bits per heavy atom. The minimum atomic E-state index is -1.29. The summed E-state index contributed by atoms with van der Waals surface area (Å²) in [4.78, 5) is 0. The first-order valence-corrected chi connectivity index (χ1v) is 7.39. The molecule has 0 radical (unpaired) electrons. The lowest BCUT2D eigenvalue weighted by molar-refractivity contribution is 0.526. The average Bonchev–Trinajstić information content (AvgIpc) is 2.23. The molecule has 1 N–H and O–H groups in total. The number of benzene rings is 1. The second kappa shape index (κ2) is 5.86. The fourth-order valence-corrected chi connectivity index (χ4v) is 2.27. The highest BCUT2D eigenvalue weighted by Gasteiger charge is 2.28. The Hall–Kier alpha value is -0.170. The molecule has 1 rings (SSSR count). The van der Waals surface area contributed by atoms with E-state index in [2.05, 4.69) is 20.7 Å². The van der Waals surface area contributed by atoms with Gasteiger partial charge in [0.15, 0.2) is 0 Å². The molecule has 1 aromatic carbocycles. The fraction of sp³-hybridized carbons (Fsp3) is 0.500. The third-order valence-electron chi connectivity index (χ3n) is 2.35. The predicted molar refractivity (Wildman–Crippen MR) is 73.5 cm³/mol. The molecular weight excluding hydrogens is 324 g/mol. The smallest absolute Gasteiger partial charge is 0.140 e. The van der Waals surface area contributed by atoms with Crippen molar-refractivity contribution < 1.29 is 13.3 Å². The molecule has 0 saturated heterocycles. The zero-order chi connectivity index (χ0) is 14.1. The molecular formula is C12H16BrF2NOS. The molecule has 0 amide bonds. The number of hydrogen-bond donors (Lipinski definition) is 1. The van der Waals surface area contributed by atoms with Crippen LogP contribution in [0.5, 0.6) is 0 Å². The van der Waals surface area contributed by atoms with Crippen molar-refractivity contribution in [2.45, 2.75) is 38.5 Å². The molecule has 6 heteroatoms. The van der Waals surface area contributed by atoms with E-state index in [-0.39, 0.29) is 4.47 Å². The van der Waals surface area contributed by atoms with E-state index >= 15 is 0 Å². The predicted octanol–water partition coefficient (Wildman–Crippen LogP) is 3.84. The number of nitrogens with one attached hydrogen (secondary N) is 1. The molecule has 2 atom stereocenters. The van der Waals surface area contributed by atoms with Crippen LogP contribution in [0, 0.1) is 11.6 Å². The van der Waals surface area contributed by atoms with Gasteiger partial charge in [-0.05, 0) is 61.3 Å². The largest absolute Gasteiger partial charge is 0.598 e. The van der Waals surface area contributed by atoms with Crippen molar-refractivity contribution >= 4 is 27.3 Å². The maximum Gasteiger partial charge on any atom is 0.140 e. The molecule has 0 aliphatic heterocycles. The standard InChI is InChI=1S/C12H16BrF2NOS/c1-7(16-18(17)12(2,3)4)8-5-9(14)11(13)10(15)6-8/h5-7,16H,1-4H3/t7-,18?/m0/s1. The summed E-state index contributed by atoms with van der Waals surface area (Å²) in [5.74, 6) is -1.33. The summed E-state index contributed by atoms with van der Waals surface area (Å²) in [6.07, 6.45) is 0. The monoisotopic (exact) mass is 339 g/mol. The Kier molecular flexibility index (Phi) is 5.17. The van der Waals surface area contributed by atoms with Crippen LogP contribution in [-0.2, 0) is 11.4 Å². The molecule has 0 aliphatic carbocycles. The van der Waals surface area contributed by atoms with Crippen molar-refractivity contribution in [2.75, 3.05) is 0 Å². The van der Waals surface area contributed by atoms with Crippen LogP contribution in [0.25, 0.3) is 0 Å². The molecule has 0 saturated carbocycles. The van der Waals surface area contributed by atoms with Crippen LogP contribution < -0.4 is 4.72 Å². The highest BCUT2D eigenvalue weighted by Crippen LogP contribution is 2.25. The van der Waals surface area contributed by atoms with Crippen molar-refractivity contribution in [3.63, 3.8) is 0 Å². The third kappa shape index (κ3) is 3.91. The second-order valence-corrected chi connectivity index (χ2v) is 7.81. The van der Waals surface area contributed by atoms with Crippen molar-refractivity contribution in [3.05, 3.63) is 33.8 Å². The zero-order valence-electron chi connectivity index (χ0n) is 10.7. The molecule has 0 spiro atoms. The lowest BCUT2D eigenvalue weighted by Crippen LogP contribution is -2.40. The minimum absolute atomic E-state index is 0.185. The number of hydrogen-bond acceptors (Lipinski definition) is 2. The van der Waals surface area contributed by atoms with Gasteiger partial charge in [-0.15, -0.1) is 4.72 Å². The summed E-state index contributed by atoms with van der Waals surface area (Å²) in [7, 11) is 0. The summed E-state index contributed by atoms with van der Waals surface area (Å²) in [6.45, 7) is 7.19. The molecule has 2 nitrogen and oxygen atoms in total. The summed E-state index contributed by atoms with van der Waals surface area (Å²) < 4.78 is 40.9. The van der Waals surface area contributed by atoms with Crippen LogP contribution in [-0.4, -0.2) is 9.30 Å². The van der Waals surface area contributed by atoms with E-state index in [9.17, 15) is 13.3 Å². The van der Waals surface area contributed by atoms with Crippen LogP contribution in [0.15, 0.2) is 16.6 Å². The lowest BCUT2D eigenvalue weighted by atomic mass is 10.1. The summed E-state index contributed by atoms with van der Waals surface area (Å²) in [5, 5.41) is 0. The Morgan fingerprint density at radius 2 is 1.72 bits per heavy atom. The first-order valence-electron chi connectivity index (χ1n) is 5.45. The van der Waals surface area contributed by atoms with Gasteiger partial charge >= 0.3 is 0 Å². The maximum atomic E-state index is 13.4. The molecule has 0 heterocycles. The number of halogens is 3. The van der Waals surface area contributed by atoms with Gasteiger partial charge in [0, 0.05) is 11.4 Å². The van der Waals surface area contributed by atoms with Gasteiger partial charge in [-0.1, -0.05) is 0 Å². The van der Waals surface area contributed by atoms with Gasteiger partial charge in [0.05, 0.1) is 10.5 Å². The van der Waals surface area contributed by atoms with Crippen molar-refractivity contribution in [3.8, 4) is 0 Å². The Morgan fingerprint density at radius 3 is 2.11 bits per heavy atom. The third-order valence-corrected chi connectivity index (χ3v) is 4.78. The first kappa shape index (κ1) is 15.9. The van der Waals surface area contributed by atoms with Crippen molar-refractivity contribution in [1.29, 1.82) is 0 Å². The van der Waals surface area contributed by atoms with E-state index < -0.39 is 33.8 Å². The van der Waals surface area contributed by atoms with E-state index in [0.717, 1.165) is 0 Å². The molecule has 102 valence electrons. The van der Waals surface area contributed by atoms with Gasteiger partial charge in [0.25, 0.3) is 0 Å². The summed E-state index contributed by atoms with van der Waals surface area (Å²) >= 11 is 1.52. The topological polar surface area (TPSA) is 35.1 Å². The van der Waals surface area contributed by atoms with Crippen LogP contribution >= 0.6 is 15.9 Å². The van der Waals surface area contributed by atoms with Gasteiger partial charge in [0.2, 0.25) is 0 Å². The van der Waals surface area contributed by atoms with Gasteiger partial charge in [-0.3, -0.25) is 0 Å². The highest BCUT2D eigenvalue weighted by atomic mass is 79.9. The Balaban J connectivity index is 2.88. The minimum Gasteiger partial charge on any atom is -0.598 e. The molecule has 1 unspecified atom stereocenters. The van der Waals surface area contributed by atoms with Crippen molar-refractivity contribution in [1.82, 2.24) is 4.72 Å².